The van der Waals surface area contributed by atoms with E-state index in [0.717, 1.165) is 24.0 Å². The van der Waals surface area contributed by atoms with Gasteiger partial charge in [-0.2, -0.15) is 12.1 Å². The third-order valence-corrected chi connectivity index (χ3v) is 16.8. The molecule has 13 rings (SSSR count). The number of para-hydroxylation sites is 3. The summed E-state index contributed by atoms with van der Waals surface area (Å²) in [6.45, 7) is 28.2. The van der Waals surface area contributed by atoms with Crippen molar-refractivity contribution in [2.75, 3.05) is 9.80 Å². The molecule has 1 aliphatic carbocycles. The molecule has 2 aliphatic rings. The maximum atomic E-state index is 10.5. The van der Waals surface area contributed by atoms with E-state index in [1.54, 1.807) is 41.0 Å². The van der Waals surface area contributed by atoms with Crippen molar-refractivity contribution < 1.29 is 47.7 Å². The second kappa shape index (κ2) is 21.8. The molecule has 11 aromatic rings. The quantitative estimate of drug-likeness (QED) is 0.135. The summed E-state index contributed by atoms with van der Waals surface area (Å²) in [5.74, 6) is 0.575. The van der Waals surface area contributed by atoms with E-state index in [4.69, 9.17) is 19.3 Å². The van der Waals surface area contributed by atoms with E-state index in [-0.39, 0.29) is 142 Å². The van der Waals surface area contributed by atoms with Crippen LogP contribution in [0, 0.1) is 18.8 Å². The third kappa shape index (κ3) is 10.7. The number of hydrogen-bond acceptors (Lipinski definition) is 4. The molecule has 5 nitrogen and oxygen atoms in total. The molecular formula is C80H77N4OPt-3. The Morgan fingerprint density at radius 3 is 1.85 bits per heavy atom. The maximum absolute atomic E-state index is 10.5. The summed E-state index contributed by atoms with van der Waals surface area (Å²) in [6.07, 6.45) is 2.91. The van der Waals surface area contributed by atoms with Crippen LogP contribution in [0.15, 0.2) is 200 Å². The van der Waals surface area contributed by atoms with E-state index in [1.165, 1.54) is 6.20 Å². The van der Waals surface area contributed by atoms with Gasteiger partial charge in [0.2, 0.25) is 0 Å². The molecule has 0 saturated carbocycles. The average molecular weight is 1320 g/mol. The second-order valence-electron chi connectivity index (χ2n) is 26.8. The molecule has 0 radical (unpaired) electrons. The maximum Gasteiger partial charge on any atom is 0.135 e. The molecule has 0 fully saturated rings. The van der Waals surface area contributed by atoms with E-state index >= 15 is 0 Å². The van der Waals surface area contributed by atoms with Crippen LogP contribution >= 0.6 is 0 Å². The Kier molecular flexibility index (Phi) is 10.6. The standard InChI is InChI=1S/C80H77N4O.Pt/c1-76(2,3)57-26-21-25-55(43-57)52-33-35-54(36-34-52)64-45-58(77(4,5)6)46-65(56-37-40-67-69(44-56)80(12,13)42-41-79(67,10)11)75(64)83-51-82(71-31-19-20-32-72(71)83)59-27-22-28-60(47-59)85-61-38-39-63-62-29-17-18-30-70(62)84(73(63)48-61)74-49-68(78(7,8)9)66(50-81-74)53-23-15-14-16-24-53;/h14-40,43-46,49-51H,41-42H2,1-13H3;/q-3;/i14D,15D,16D,17D,18D,23D,24D,29D,30D,33D,34D,35D,36D,37D,40D,44D;. The summed E-state index contributed by atoms with van der Waals surface area (Å²) in [6, 6.07) is 31.2. The van der Waals surface area contributed by atoms with Crippen LogP contribution in [0.1, 0.15) is 153 Å². The number of ether oxygens (including phenoxy) is 1. The van der Waals surface area contributed by atoms with Gasteiger partial charge in [-0.05, 0) is 137 Å². The minimum absolute atomic E-state index is 0. The van der Waals surface area contributed by atoms with Gasteiger partial charge in [-0.1, -0.05) is 223 Å². The number of nitrogens with zero attached hydrogens (tertiary/aromatic N) is 4. The van der Waals surface area contributed by atoms with Crippen LogP contribution in [0.3, 0.4) is 0 Å². The number of fused-ring (bicyclic) bond motifs is 5. The van der Waals surface area contributed by atoms with Crippen LogP contribution in [0.5, 0.6) is 11.5 Å². The van der Waals surface area contributed by atoms with Crippen LogP contribution in [-0.4, -0.2) is 9.55 Å². The van der Waals surface area contributed by atoms with Crippen molar-refractivity contribution in [3.8, 4) is 61.8 Å². The summed E-state index contributed by atoms with van der Waals surface area (Å²) < 4.78 is 158. The number of anilines is 4. The average Bonchev–Trinajstić information content (AvgIpc) is 1.06. The van der Waals surface area contributed by atoms with Gasteiger partial charge in [0.15, 0.2) is 0 Å². The van der Waals surface area contributed by atoms with Gasteiger partial charge in [-0.3, -0.25) is 0 Å². The van der Waals surface area contributed by atoms with Crippen LogP contribution in [0.25, 0.3) is 72.1 Å². The van der Waals surface area contributed by atoms with Crippen LogP contribution in [0.2, 0.25) is 0 Å². The van der Waals surface area contributed by atoms with Crippen molar-refractivity contribution in [2.24, 2.45) is 0 Å². The molecule has 3 heterocycles. The van der Waals surface area contributed by atoms with Crippen LogP contribution < -0.4 is 14.5 Å². The summed E-state index contributed by atoms with van der Waals surface area (Å²) in [5, 5.41) is 0.591. The SMILES string of the molecule is [2H]c1c([2H])c([2H])c(-c2cnc(-n3c4[c-]c(Oc5[c-]c(N6[CH-]N(c7c(-c8c([2H])c([2H])c(-c9cccc(C(C)(C)C)c9)c([2H])c8[2H])cc(C(C)(C)C)cc7-c7c([2H])c([2H])c8c(c7[2H])C(C)(C)CCC8(C)C)c7ccccc76)ccc5)ccc4c4c([2H])c([2H])c([2H])c([2H])c43)cc2C(C)(C)C)c([2H])c1[2H].[Pt]. The Balaban J connectivity index is 0.00000982. The van der Waals surface area contributed by atoms with Gasteiger partial charge in [-0.25, -0.2) is 4.98 Å². The van der Waals surface area contributed by atoms with Crippen molar-refractivity contribution in [2.45, 2.75) is 130 Å². The molecule has 0 bridgehead atoms. The normalized spacial score (nSPS) is 17.3. The van der Waals surface area contributed by atoms with Crippen molar-refractivity contribution in [3.05, 3.63) is 247 Å². The number of pyridine rings is 1. The van der Waals surface area contributed by atoms with Crippen molar-refractivity contribution in [3.63, 3.8) is 0 Å². The third-order valence-electron chi connectivity index (χ3n) is 16.8. The molecule has 0 N–H and O–H groups in total. The van der Waals surface area contributed by atoms with Gasteiger partial charge in [0.05, 0.1) is 21.9 Å². The fourth-order valence-corrected chi connectivity index (χ4v) is 11.8. The summed E-state index contributed by atoms with van der Waals surface area (Å²) in [7, 11) is 0. The van der Waals surface area contributed by atoms with Gasteiger partial charge in [0.25, 0.3) is 0 Å². The topological polar surface area (TPSA) is 33.5 Å². The van der Waals surface area contributed by atoms with E-state index in [2.05, 4.69) is 60.6 Å². The molecule has 0 saturated heterocycles. The smallest absolute Gasteiger partial charge is 0.135 e. The first-order chi connectivity index (χ1) is 47.2. The Morgan fingerprint density at radius 1 is 0.523 bits per heavy atom. The van der Waals surface area contributed by atoms with Gasteiger partial charge in [-0.15, -0.1) is 48.1 Å². The Morgan fingerprint density at radius 2 is 1.14 bits per heavy atom. The summed E-state index contributed by atoms with van der Waals surface area (Å²) in [5.41, 5.74) is 5.11. The zero-order valence-electron chi connectivity index (χ0n) is 66.8. The number of hydrogen-bond donors (Lipinski definition) is 0. The van der Waals surface area contributed by atoms with E-state index in [0.29, 0.717) is 61.5 Å². The Bertz CT molecular complexity index is 5310. The summed E-state index contributed by atoms with van der Waals surface area (Å²) >= 11 is 0. The Labute approximate surface area is 547 Å². The molecule has 0 spiro atoms. The van der Waals surface area contributed by atoms with Crippen molar-refractivity contribution in [1.82, 2.24) is 9.55 Å². The number of rotatable bonds is 9. The minimum Gasteiger partial charge on any atom is -0.509 e. The van der Waals surface area contributed by atoms with Gasteiger partial charge in [0, 0.05) is 78.0 Å². The monoisotopic (exact) mass is 1320 g/mol. The molecule has 1 aliphatic heterocycles. The molecule has 0 amide bonds. The van der Waals surface area contributed by atoms with Crippen LogP contribution in [0.4, 0.5) is 22.7 Å². The van der Waals surface area contributed by atoms with Gasteiger partial charge >= 0.3 is 0 Å². The molecule has 2 aromatic heterocycles. The zero-order chi connectivity index (χ0) is 73.3. The van der Waals surface area contributed by atoms with Gasteiger partial charge < -0.3 is 19.1 Å². The molecule has 9 aromatic carbocycles. The molecular weight excluding hydrogens is 1230 g/mol. The molecule has 86 heavy (non-hydrogen) atoms. The fourth-order valence-electron chi connectivity index (χ4n) is 11.8. The Hall–Kier alpha value is -7.98. The molecule has 0 unspecified atom stereocenters. The predicted molar refractivity (Wildman–Crippen MR) is 357 cm³/mol. The van der Waals surface area contributed by atoms with E-state index < -0.39 is 64.0 Å². The van der Waals surface area contributed by atoms with Crippen molar-refractivity contribution in [1.29, 1.82) is 0 Å². The summed E-state index contributed by atoms with van der Waals surface area (Å²) in [4.78, 5) is 8.64. The predicted octanol–water partition coefficient (Wildman–Crippen LogP) is 21.9. The fraction of sp³-hybridized carbons (Fsp3) is 0.250. The first kappa shape index (κ1) is 42.0. The number of benzene rings is 9. The van der Waals surface area contributed by atoms with E-state index in [9.17, 15) is 12.3 Å². The zero-order valence-corrected chi connectivity index (χ0v) is 53.1. The minimum atomic E-state index is -0.736. The van der Waals surface area contributed by atoms with Crippen molar-refractivity contribution >= 4 is 44.6 Å². The van der Waals surface area contributed by atoms with Gasteiger partial charge in [0.1, 0.15) is 5.82 Å². The second-order valence-corrected chi connectivity index (χ2v) is 26.8. The first-order valence-corrected chi connectivity index (χ1v) is 29.0. The van der Waals surface area contributed by atoms with E-state index in [1.807, 2.05) is 119 Å². The largest absolute Gasteiger partial charge is 0.509 e. The molecule has 0 atom stereocenters. The first-order valence-electron chi connectivity index (χ1n) is 37.0. The van der Waals surface area contributed by atoms with Crippen LogP contribution in [-0.2, 0) is 48.1 Å². The molecule has 6 heteroatoms. The number of aromatic nitrogens is 2. The molecule has 436 valence electrons.